The first-order chi connectivity index (χ1) is 8.06. The Balaban J connectivity index is 2.22. The molecular formula is C11H10BrN3O2. The van der Waals surface area contributed by atoms with Crippen molar-refractivity contribution in [2.24, 2.45) is 0 Å². The van der Waals surface area contributed by atoms with E-state index in [0.29, 0.717) is 11.5 Å². The summed E-state index contributed by atoms with van der Waals surface area (Å²) < 4.78 is 5.92. The average molecular weight is 296 g/mol. The fourth-order valence-electron chi connectivity index (χ4n) is 1.35. The van der Waals surface area contributed by atoms with Gasteiger partial charge in [0.05, 0.1) is 0 Å². The van der Waals surface area contributed by atoms with Gasteiger partial charge in [0, 0.05) is 17.0 Å². The molecule has 1 amide bonds. The predicted octanol–water partition coefficient (Wildman–Crippen LogP) is 2.70. The molecule has 88 valence electrons. The van der Waals surface area contributed by atoms with Crippen molar-refractivity contribution < 1.29 is 9.21 Å². The Morgan fingerprint density at radius 2 is 2.12 bits per heavy atom. The summed E-state index contributed by atoms with van der Waals surface area (Å²) in [7, 11) is 0. The zero-order chi connectivity index (χ0) is 12.4. The Labute approximate surface area is 106 Å². The second kappa shape index (κ2) is 4.67. The molecule has 0 saturated heterocycles. The van der Waals surface area contributed by atoms with Crippen LogP contribution in [0.1, 0.15) is 21.8 Å². The van der Waals surface area contributed by atoms with Gasteiger partial charge in [-0.15, -0.1) is 5.10 Å². The number of carbonyl (C=O) groups is 1. The molecule has 0 unspecified atom stereocenters. The summed E-state index contributed by atoms with van der Waals surface area (Å²) >= 11 is 3.32. The summed E-state index contributed by atoms with van der Waals surface area (Å²) in [6, 6.07) is 5.58. The van der Waals surface area contributed by atoms with E-state index in [4.69, 9.17) is 4.42 Å². The van der Waals surface area contributed by atoms with Crippen LogP contribution in [0.3, 0.4) is 0 Å². The lowest BCUT2D eigenvalue weighted by Crippen LogP contribution is -2.13. The fourth-order valence-corrected chi connectivity index (χ4v) is 1.71. The van der Waals surface area contributed by atoms with E-state index >= 15 is 0 Å². The molecule has 6 heteroatoms. The van der Waals surface area contributed by atoms with Crippen LogP contribution in [0.5, 0.6) is 0 Å². The molecule has 0 aliphatic heterocycles. The van der Waals surface area contributed by atoms with Crippen molar-refractivity contribution in [1.29, 1.82) is 0 Å². The predicted molar refractivity (Wildman–Crippen MR) is 65.9 cm³/mol. The third kappa shape index (κ3) is 2.71. The number of halogens is 1. The van der Waals surface area contributed by atoms with E-state index in [1.54, 1.807) is 13.0 Å². The van der Waals surface area contributed by atoms with Gasteiger partial charge in [0.1, 0.15) is 0 Å². The van der Waals surface area contributed by atoms with Crippen molar-refractivity contribution in [3.05, 3.63) is 39.7 Å². The smallest absolute Gasteiger partial charge is 0.322 e. The maximum Gasteiger partial charge on any atom is 0.322 e. The molecule has 1 aromatic heterocycles. The van der Waals surface area contributed by atoms with Gasteiger partial charge in [0.15, 0.2) is 0 Å². The van der Waals surface area contributed by atoms with Crippen molar-refractivity contribution in [2.45, 2.75) is 13.8 Å². The van der Waals surface area contributed by atoms with E-state index in [-0.39, 0.29) is 11.9 Å². The number of rotatable bonds is 2. The van der Waals surface area contributed by atoms with Crippen LogP contribution in [-0.2, 0) is 0 Å². The van der Waals surface area contributed by atoms with Crippen LogP contribution < -0.4 is 5.32 Å². The van der Waals surface area contributed by atoms with Gasteiger partial charge in [-0.1, -0.05) is 27.1 Å². The molecule has 17 heavy (non-hydrogen) atoms. The quantitative estimate of drug-likeness (QED) is 0.925. The van der Waals surface area contributed by atoms with Crippen LogP contribution in [0.2, 0.25) is 0 Å². The minimum absolute atomic E-state index is 0.104. The minimum Gasteiger partial charge on any atom is -0.408 e. The summed E-state index contributed by atoms with van der Waals surface area (Å²) in [6.07, 6.45) is 0. The lowest BCUT2D eigenvalue weighted by Gasteiger charge is -2.04. The van der Waals surface area contributed by atoms with E-state index in [1.807, 2.05) is 19.1 Å². The normalized spacial score (nSPS) is 10.3. The van der Waals surface area contributed by atoms with Gasteiger partial charge in [-0.05, 0) is 24.6 Å². The number of benzene rings is 1. The Morgan fingerprint density at radius 1 is 1.35 bits per heavy atom. The second-order valence-electron chi connectivity index (χ2n) is 3.54. The molecule has 1 N–H and O–H groups in total. The number of hydrogen-bond acceptors (Lipinski definition) is 4. The largest absolute Gasteiger partial charge is 0.408 e. The Kier molecular flexibility index (Phi) is 3.23. The SMILES string of the molecule is Cc1nnc(NC(=O)c2cc(Br)ccc2C)o1. The summed E-state index contributed by atoms with van der Waals surface area (Å²) in [6.45, 7) is 3.52. The highest BCUT2D eigenvalue weighted by Gasteiger charge is 2.12. The molecule has 0 bridgehead atoms. The molecule has 5 nitrogen and oxygen atoms in total. The molecule has 0 aliphatic rings. The third-order valence-electron chi connectivity index (χ3n) is 2.19. The van der Waals surface area contributed by atoms with Gasteiger partial charge in [0.2, 0.25) is 5.89 Å². The molecule has 0 atom stereocenters. The number of aryl methyl sites for hydroxylation is 2. The van der Waals surface area contributed by atoms with Gasteiger partial charge in [0.25, 0.3) is 5.91 Å². The first kappa shape index (κ1) is 11.8. The monoisotopic (exact) mass is 295 g/mol. The van der Waals surface area contributed by atoms with Gasteiger partial charge < -0.3 is 4.42 Å². The van der Waals surface area contributed by atoms with Crippen LogP contribution >= 0.6 is 15.9 Å². The maximum absolute atomic E-state index is 11.9. The summed E-state index contributed by atoms with van der Waals surface area (Å²) in [5, 5.41) is 9.88. The zero-order valence-electron chi connectivity index (χ0n) is 9.32. The molecule has 2 aromatic rings. The lowest BCUT2D eigenvalue weighted by molar-refractivity contribution is 0.102. The highest BCUT2D eigenvalue weighted by atomic mass is 79.9. The summed E-state index contributed by atoms with van der Waals surface area (Å²) in [5.41, 5.74) is 1.44. The Hall–Kier alpha value is -1.69. The third-order valence-corrected chi connectivity index (χ3v) is 2.68. The van der Waals surface area contributed by atoms with Crippen molar-refractivity contribution in [2.75, 3.05) is 5.32 Å². The number of carbonyl (C=O) groups excluding carboxylic acids is 1. The first-order valence-corrected chi connectivity index (χ1v) is 5.73. The number of aromatic nitrogens is 2. The van der Waals surface area contributed by atoms with E-state index in [9.17, 15) is 4.79 Å². The molecule has 1 aromatic carbocycles. The highest BCUT2D eigenvalue weighted by Crippen LogP contribution is 2.17. The van der Waals surface area contributed by atoms with Crippen LogP contribution in [0.15, 0.2) is 27.1 Å². The van der Waals surface area contributed by atoms with Crippen LogP contribution in [0.25, 0.3) is 0 Å². The van der Waals surface area contributed by atoms with Crippen molar-refractivity contribution in [1.82, 2.24) is 10.2 Å². The van der Waals surface area contributed by atoms with Gasteiger partial charge in [-0.3, -0.25) is 10.1 Å². The second-order valence-corrected chi connectivity index (χ2v) is 4.46. The molecule has 1 heterocycles. The topological polar surface area (TPSA) is 68.0 Å². The standard InChI is InChI=1S/C11H10BrN3O2/c1-6-3-4-8(12)5-9(6)10(16)13-11-15-14-7(2)17-11/h3-5H,1-2H3,(H,13,15,16). The highest BCUT2D eigenvalue weighted by molar-refractivity contribution is 9.10. The summed E-state index contributed by atoms with van der Waals surface area (Å²) in [5.74, 6) is 0.138. The maximum atomic E-state index is 11.9. The van der Waals surface area contributed by atoms with Gasteiger partial charge >= 0.3 is 6.01 Å². The van der Waals surface area contributed by atoms with Crippen molar-refractivity contribution in [3.8, 4) is 0 Å². The number of anilines is 1. The number of nitrogens with zero attached hydrogens (tertiary/aromatic N) is 2. The van der Waals surface area contributed by atoms with Crippen molar-refractivity contribution >= 4 is 27.9 Å². The fraction of sp³-hybridized carbons (Fsp3) is 0.182. The molecule has 0 radical (unpaired) electrons. The van der Waals surface area contributed by atoms with Gasteiger partial charge in [-0.25, -0.2) is 0 Å². The van der Waals surface area contributed by atoms with E-state index < -0.39 is 0 Å². The van der Waals surface area contributed by atoms with Crippen LogP contribution in [-0.4, -0.2) is 16.1 Å². The molecule has 2 rings (SSSR count). The number of nitrogens with one attached hydrogen (secondary N) is 1. The molecule has 0 spiro atoms. The van der Waals surface area contributed by atoms with E-state index in [1.165, 1.54) is 0 Å². The average Bonchev–Trinajstić information content (AvgIpc) is 2.67. The van der Waals surface area contributed by atoms with Gasteiger partial charge in [-0.2, -0.15) is 0 Å². The Morgan fingerprint density at radius 3 is 2.76 bits per heavy atom. The molecule has 0 fully saturated rings. The van der Waals surface area contributed by atoms with Crippen LogP contribution in [0.4, 0.5) is 6.01 Å². The Bertz CT molecular complexity index is 566. The summed E-state index contributed by atoms with van der Waals surface area (Å²) in [4.78, 5) is 11.9. The van der Waals surface area contributed by atoms with Crippen LogP contribution in [0, 0.1) is 13.8 Å². The number of amides is 1. The molecule has 0 saturated carbocycles. The van der Waals surface area contributed by atoms with E-state index in [2.05, 4.69) is 31.4 Å². The number of hydrogen-bond donors (Lipinski definition) is 1. The lowest BCUT2D eigenvalue weighted by atomic mass is 10.1. The molecular weight excluding hydrogens is 286 g/mol. The molecule has 0 aliphatic carbocycles. The van der Waals surface area contributed by atoms with E-state index in [0.717, 1.165) is 10.0 Å². The van der Waals surface area contributed by atoms with Crippen molar-refractivity contribution in [3.63, 3.8) is 0 Å². The minimum atomic E-state index is -0.271. The zero-order valence-corrected chi connectivity index (χ0v) is 10.9. The first-order valence-electron chi connectivity index (χ1n) is 4.94.